The SMILES string of the molecule is Cc1ccc(-n2nc(CC(=O)O)c(O)cc2=O)cc1. The molecule has 98 valence electrons. The standard InChI is InChI=1S/C13H12N2O4/c1-8-2-4-9(5-3-8)15-12(17)7-11(16)10(14-15)6-13(18)19/h2-5,7,16H,6H2,1H3,(H,18,19). The van der Waals surface area contributed by atoms with E-state index in [0.717, 1.165) is 16.3 Å². The van der Waals surface area contributed by atoms with Crippen molar-refractivity contribution in [2.45, 2.75) is 13.3 Å². The summed E-state index contributed by atoms with van der Waals surface area (Å²) in [6.45, 7) is 1.91. The first kappa shape index (κ1) is 12.8. The van der Waals surface area contributed by atoms with Gasteiger partial charge in [-0.3, -0.25) is 9.59 Å². The second kappa shape index (κ2) is 4.93. The highest BCUT2D eigenvalue weighted by atomic mass is 16.4. The molecule has 2 rings (SSSR count). The summed E-state index contributed by atoms with van der Waals surface area (Å²) >= 11 is 0. The minimum Gasteiger partial charge on any atom is -0.506 e. The van der Waals surface area contributed by atoms with Crippen molar-refractivity contribution in [3.05, 3.63) is 51.9 Å². The van der Waals surface area contributed by atoms with Gasteiger partial charge in [0.2, 0.25) is 0 Å². The number of carboxylic acid groups (broad SMARTS) is 1. The molecule has 0 fully saturated rings. The fraction of sp³-hybridized carbons (Fsp3) is 0.154. The average molecular weight is 260 g/mol. The molecule has 0 spiro atoms. The predicted molar refractivity (Wildman–Crippen MR) is 67.6 cm³/mol. The predicted octanol–water partition coefficient (Wildman–Crippen LogP) is 0.874. The van der Waals surface area contributed by atoms with Crippen LogP contribution in [-0.2, 0) is 11.2 Å². The highest BCUT2D eigenvalue weighted by molar-refractivity contribution is 5.70. The first-order chi connectivity index (χ1) is 8.97. The number of carbonyl (C=O) groups is 1. The zero-order valence-corrected chi connectivity index (χ0v) is 10.2. The lowest BCUT2D eigenvalue weighted by Gasteiger charge is -2.07. The van der Waals surface area contributed by atoms with Crippen molar-refractivity contribution in [2.75, 3.05) is 0 Å². The van der Waals surface area contributed by atoms with Crippen molar-refractivity contribution < 1.29 is 15.0 Å². The number of hydrogen-bond acceptors (Lipinski definition) is 4. The van der Waals surface area contributed by atoms with Gasteiger partial charge in [0.15, 0.2) is 0 Å². The summed E-state index contributed by atoms with van der Waals surface area (Å²) in [5.41, 5.74) is 0.978. The average Bonchev–Trinajstić information content (AvgIpc) is 2.33. The molecule has 0 aliphatic rings. The highest BCUT2D eigenvalue weighted by Crippen LogP contribution is 2.13. The van der Waals surface area contributed by atoms with Crippen molar-refractivity contribution in [3.63, 3.8) is 0 Å². The topological polar surface area (TPSA) is 92.4 Å². The molecule has 1 heterocycles. The number of aromatic nitrogens is 2. The number of aromatic hydroxyl groups is 1. The quantitative estimate of drug-likeness (QED) is 0.854. The fourth-order valence-corrected chi connectivity index (χ4v) is 1.62. The van der Waals surface area contributed by atoms with Gasteiger partial charge in [-0.05, 0) is 19.1 Å². The van der Waals surface area contributed by atoms with Gasteiger partial charge in [-0.2, -0.15) is 9.78 Å². The third kappa shape index (κ3) is 2.79. The van der Waals surface area contributed by atoms with Crippen LogP contribution in [0.1, 0.15) is 11.3 Å². The van der Waals surface area contributed by atoms with Crippen LogP contribution in [-0.4, -0.2) is 26.0 Å². The minimum absolute atomic E-state index is 0.0484. The summed E-state index contributed by atoms with van der Waals surface area (Å²) in [6, 6.07) is 7.99. The van der Waals surface area contributed by atoms with E-state index >= 15 is 0 Å². The molecular formula is C13H12N2O4. The van der Waals surface area contributed by atoms with Gasteiger partial charge in [0.1, 0.15) is 11.4 Å². The Morgan fingerprint density at radius 2 is 1.95 bits per heavy atom. The lowest BCUT2D eigenvalue weighted by Crippen LogP contribution is -2.22. The van der Waals surface area contributed by atoms with Crippen molar-refractivity contribution in [1.82, 2.24) is 9.78 Å². The van der Waals surface area contributed by atoms with Crippen molar-refractivity contribution >= 4 is 5.97 Å². The summed E-state index contributed by atoms with van der Waals surface area (Å²) in [5, 5.41) is 22.1. The molecule has 2 N–H and O–H groups in total. The van der Waals surface area contributed by atoms with E-state index in [0.29, 0.717) is 5.69 Å². The number of carboxylic acids is 1. The summed E-state index contributed by atoms with van der Waals surface area (Å²) in [4.78, 5) is 22.4. The van der Waals surface area contributed by atoms with Crippen LogP contribution >= 0.6 is 0 Å². The third-order valence-corrected chi connectivity index (χ3v) is 2.58. The smallest absolute Gasteiger partial charge is 0.309 e. The first-order valence-electron chi connectivity index (χ1n) is 5.58. The second-order valence-corrected chi connectivity index (χ2v) is 4.13. The Morgan fingerprint density at radius 3 is 2.53 bits per heavy atom. The number of rotatable bonds is 3. The normalized spacial score (nSPS) is 10.4. The van der Waals surface area contributed by atoms with E-state index in [4.69, 9.17) is 5.11 Å². The van der Waals surface area contributed by atoms with Gasteiger partial charge in [-0.1, -0.05) is 17.7 Å². The van der Waals surface area contributed by atoms with Gasteiger partial charge in [0.05, 0.1) is 12.1 Å². The molecule has 0 radical (unpaired) electrons. The van der Waals surface area contributed by atoms with Crippen molar-refractivity contribution in [1.29, 1.82) is 0 Å². The van der Waals surface area contributed by atoms with Crippen molar-refractivity contribution in [3.8, 4) is 11.4 Å². The van der Waals surface area contributed by atoms with E-state index < -0.39 is 23.7 Å². The van der Waals surface area contributed by atoms with Gasteiger partial charge < -0.3 is 10.2 Å². The largest absolute Gasteiger partial charge is 0.506 e. The van der Waals surface area contributed by atoms with E-state index in [1.54, 1.807) is 12.1 Å². The Balaban J connectivity index is 2.54. The number of hydrogen-bond donors (Lipinski definition) is 2. The molecular weight excluding hydrogens is 248 g/mol. The molecule has 0 aliphatic carbocycles. The first-order valence-corrected chi connectivity index (χ1v) is 5.58. The molecule has 0 bridgehead atoms. The van der Waals surface area contributed by atoms with Gasteiger partial charge >= 0.3 is 5.97 Å². The van der Waals surface area contributed by atoms with Crippen LogP contribution in [0.5, 0.6) is 5.75 Å². The Morgan fingerprint density at radius 1 is 1.32 bits per heavy atom. The van der Waals surface area contributed by atoms with E-state index in [9.17, 15) is 14.7 Å². The molecule has 0 saturated carbocycles. The van der Waals surface area contributed by atoms with E-state index in [2.05, 4.69) is 5.10 Å². The molecule has 1 aromatic carbocycles. The molecule has 0 unspecified atom stereocenters. The second-order valence-electron chi connectivity index (χ2n) is 4.13. The lowest BCUT2D eigenvalue weighted by atomic mass is 10.2. The van der Waals surface area contributed by atoms with Crippen LogP contribution in [0, 0.1) is 6.92 Å². The van der Waals surface area contributed by atoms with Gasteiger partial charge in [0.25, 0.3) is 5.56 Å². The van der Waals surface area contributed by atoms with Gasteiger partial charge in [-0.15, -0.1) is 0 Å². The van der Waals surface area contributed by atoms with E-state index in [1.165, 1.54) is 0 Å². The maximum atomic E-state index is 11.8. The Labute approximate surface area is 108 Å². The Kier molecular flexibility index (Phi) is 3.33. The maximum Gasteiger partial charge on any atom is 0.309 e. The van der Waals surface area contributed by atoms with Crippen LogP contribution in [0.2, 0.25) is 0 Å². The summed E-state index contributed by atoms with van der Waals surface area (Å²) < 4.78 is 1.07. The summed E-state index contributed by atoms with van der Waals surface area (Å²) in [5.74, 6) is -1.53. The van der Waals surface area contributed by atoms with Crippen molar-refractivity contribution in [2.24, 2.45) is 0 Å². The maximum absolute atomic E-state index is 11.8. The van der Waals surface area contributed by atoms with Crippen LogP contribution in [0.15, 0.2) is 35.1 Å². The molecule has 19 heavy (non-hydrogen) atoms. The number of aryl methyl sites for hydroxylation is 1. The zero-order chi connectivity index (χ0) is 14.0. The molecule has 6 nitrogen and oxygen atoms in total. The lowest BCUT2D eigenvalue weighted by molar-refractivity contribution is -0.136. The number of benzene rings is 1. The minimum atomic E-state index is -1.13. The van der Waals surface area contributed by atoms with E-state index in [-0.39, 0.29) is 5.69 Å². The fourth-order valence-electron chi connectivity index (χ4n) is 1.62. The molecule has 0 amide bonds. The molecule has 0 saturated heterocycles. The third-order valence-electron chi connectivity index (χ3n) is 2.58. The van der Waals surface area contributed by atoms with Crippen LogP contribution < -0.4 is 5.56 Å². The van der Waals surface area contributed by atoms with Crippen LogP contribution in [0.3, 0.4) is 0 Å². The molecule has 2 aromatic rings. The highest BCUT2D eigenvalue weighted by Gasteiger charge is 2.12. The van der Waals surface area contributed by atoms with E-state index in [1.807, 2.05) is 19.1 Å². The summed E-state index contributed by atoms with van der Waals surface area (Å²) in [6.07, 6.45) is -0.446. The molecule has 0 atom stereocenters. The Hall–Kier alpha value is -2.63. The molecule has 6 heteroatoms. The monoisotopic (exact) mass is 260 g/mol. The van der Waals surface area contributed by atoms with Crippen LogP contribution in [0.25, 0.3) is 5.69 Å². The van der Waals surface area contributed by atoms with Crippen LogP contribution in [0.4, 0.5) is 0 Å². The number of aliphatic carboxylic acids is 1. The molecule has 0 aliphatic heterocycles. The molecule has 1 aromatic heterocycles. The van der Waals surface area contributed by atoms with Gasteiger partial charge in [0, 0.05) is 6.07 Å². The number of nitrogens with zero attached hydrogens (tertiary/aromatic N) is 2. The Bertz CT molecular complexity index is 674. The summed E-state index contributed by atoms with van der Waals surface area (Å²) in [7, 11) is 0. The zero-order valence-electron chi connectivity index (χ0n) is 10.2. The van der Waals surface area contributed by atoms with Gasteiger partial charge in [-0.25, -0.2) is 0 Å².